The summed E-state index contributed by atoms with van der Waals surface area (Å²) < 4.78 is 33.5. The van der Waals surface area contributed by atoms with Crippen molar-refractivity contribution in [2.45, 2.75) is 45.1 Å². The molecule has 10 heteroatoms. The van der Waals surface area contributed by atoms with Gasteiger partial charge < -0.3 is 10.0 Å². The Morgan fingerprint density at radius 2 is 2.06 bits per heavy atom. The molecular weight excluding hydrogens is 456 g/mol. The molecule has 1 saturated carbocycles. The molecule has 3 aliphatic rings. The Labute approximate surface area is 192 Å². The van der Waals surface area contributed by atoms with E-state index in [2.05, 4.69) is 14.8 Å². The summed E-state index contributed by atoms with van der Waals surface area (Å²) in [5, 5.41) is 3.39. The van der Waals surface area contributed by atoms with Crippen LogP contribution >= 0.6 is 23.7 Å². The average Bonchev–Trinajstić information content (AvgIpc) is 3.23. The first-order chi connectivity index (χ1) is 14.8. The van der Waals surface area contributed by atoms with Gasteiger partial charge in [-0.3, -0.25) is 13.8 Å². The van der Waals surface area contributed by atoms with Crippen LogP contribution in [0.3, 0.4) is 0 Å². The number of nitrogens with one attached hydrogen (secondary N) is 3. The van der Waals surface area contributed by atoms with E-state index in [1.807, 2.05) is 6.92 Å². The summed E-state index contributed by atoms with van der Waals surface area (Å²) in [5.74, 6) is 0.124. The highest BCUT2D eigenvalue weighted by molar-refractivity contribution is 7.97. The second kappa shape index (κ2) is 9.18. The summed E-state index contributed by atoms with van der Waals surface area (Å²) in [5.41, 5.74) is 0.911. The molecule has 1 amide bonds. The lowest BCUT2D eigenvalue weighted by Gasteiger charge is -2.28. The van der Waals surface area contributed by atoms with Crippen LogP contribution in [-0.2, 0) is 10.0 Å². The van der Waals surface area contributed by atoms with E-state index in [1.54, 1.807) is 34.9 Å². The van der Waals surface area contributed by atoms with Crippen molar-refractivity contribution in [1.29, 1.82) is 0 Å². The summed E-state index contributed by atoms with van der Waals surface area (Å²) in [6.45, 7) is 2.01. The highest BCUT2D eigenvalue weighted by Crippen LogP contribution is 2.34. The van der Waals surface area contributed by atoms with Gasteiger partial charge in [0.1, 0.15) is 4.91 Å². The molecular formula is C21H25ClN4O3S2. The minimum Gasteiger partial charge on any atom is -0.349 e. The number of sulfonamides is 1. The van der Waals surface area contributed by atoms with Crippen molar-refractivity contribution in [2.24, 2.45) is 5.92 Å². The first-order valence-corrected chi connectivity index (χ1v) is 12.9. The number of amides is 1. The van der Waals surface area contributed by atoms with E-state index in [9.17, 15) is 13.2 Å². The molecule has 1 aromatic rings. The molecule has 2 aliphatic heterocycles. The van der Waals surface area contributed by atoms with Gasteiger partial charge in [-0.25, -0.2) is 8.42 Å². The van der Waals surface area contributed by atoms with Gasteiger partial charge in [0.15, 0.2) is 0 Å². The highest BCUT2D eigenvalue weighted by atomic mass is 35.5. The van der Waals surface area contributed by atoms with Crippen LogP contribution in [-0.4, -0.2) is 24.7 Å². The lowest BCUT2D eigenvalue weighted by molar-refractivity contribution is 0.0920. The van der Waals surface area contributed by atoms with Gasteiger partial charge >= 0.3 is 0 Å². The minimum atomic E-state index is -3.95. The molecule has 1 aliphatic carbocycles. The first-order valence-electron chi connectivity index (χ1n) is 10.3. The third-order valence-corrected chi connectivity index (χ3v) is 8.17. The molecule has 166 valence electrons. The Morgan fingerprint density at radius 1 is 1.29 bits per heavy atom. The SMILES string of the molecule is CC(NC(=O)c1ccc(Cl)cc1NS(=O)(=O)C1=CC=CN2SNC=C12)C1CCCCC1. The number of hydrogen-bond acceptors (Lipinski definition) is 6. The number of rotatable bonds is 6. The fraction of sp³-hybridized carbons (Fsp3) is 0.381. The Balaban J connectivity index is 1.56. The molecule has 0 saturated heterocycles. The maximum atomic E-state index is 13.2. The molecule has 2 heterocycles. The molecule has 1 aromatic carbocycles. The number of carbonyl (C=O) groups excluding carboxylic acids is 1. The van der Waals surface area contributed by atoms with Crippen molar-refractivity contribution in [3.63, 3.8) is 0 Å². The van der Waals surface area contributed by atoms with Gasteiger partial charge in [0.2, 0.25) is 0 Å². The second-order valence-electron chi connectivity index (χ2n) is 7.89. The Hall–Kier alpha value is -2.10. The Kier molecular flexibility index (Phi) is 6.55. The number of nitrogens with zero attached hydrogens (tertiary/aromatic N) is 1. The van der Waals surface area contributed by atoms with E-state index in [-0.39, 0.29) is 28.1 Å². The van der Waals surface area contributed by atoms with Crippen molar-refractivity contribution < 1.29 is 13.2 Å². The summed E-state index contributed by atoms with van der Waals surface area (Å²) in [6.07, 6.45) is 12.4. The van der Waals surface area contributed by atoms with Gasteiger partial charge in [0, 0.05) is 23.5 Å². The number of carbonyl (C=O) groups is 1. The highest BCUT2D eigenvalue weighted by Gasteiger charge is 2.31. The molecule has 0 spiro atoms. The van der Waals surface area contributed by atoms with Crippen molar-refractivity contribution in [2.75, 3.05) is 4.72 Å². The average molecular weight is 481 g/mol. The molecule has 1 atom stereocenters. The largest absolute Gasteiger partial charge is 0.349 e. The molecule has 0 radical (unpaired) electrons. The zero-order valence-corrected chi connectivity index (χ0v) is 19.5. The molecule has 3 N–H and O–H groups in total. The molecule has 0 bridgehead atoms. The van der Waals surface area contributed by atoms with Gasteiger partial charge in [-0.2, -0.15) is 0 Å². The third-order valence-electron chi connectivity index (χ3n) is 5.78. The minimum absolute atomic E-state index is 0.0134. The molecule has 7 nitrogen and oxygen atoms in total. The van der Waals surface area contributed by atoms with Gasteiger partial charge in [0.25, 0.3) is 15.9 Å². The van der Waals surface area contributed by atoms with Crippen LogP contribution in [0.2, 0.25) is 5.02 Å². The predicted octanol–water partition coefficient (Wildman–Crippen LogP) is 4.50. The summed E-state index contributed by atoms with van der Waals surface area (Å²) >= 11 is 7.40. The molecule has 1 unspecified atom stereocenters. The molecule has 4 rings (SSSR count). The third kappa shape index (κ3) is 4.88. The maximum absolute atomic E-state index is 13.2. The monoisotopic (exact) mass is 480 g/mol. The zero-order chi connectivity index (χ0) is 22.0. The van der Waals surface area contributed by atoms with Crippen LogP contribution in [0.5, 0.6) is 0 Å². The van der Waals surface area contributed by atoms with Gasteiger partial charge in [-0.05, 0) is 56.0 Å². The Morgan fingerprint density at radius 3 is 2.84 bits per heavy atom. The van der Waals surface area contributed by atoms with E-state index in [4.69, 9.17) is 11.6 Å². The predicted molar refractivity (Wildman–Crippen MR) is 125 cm³/mol. The standard InChI is InChI=1S/C21H25ClN4O3S2/c1-14(15-6-3-2-4-7-15)24-21(27)17-10-9-16(22)12-18(17)25-31(28,29)20-8-5-11-26-19(20)13-23-30-26/h5,8-15,23,25H,2-4,6-7H2,1H3,(H,24,27). The summed E-state index contributed by atoms with van der Waals surface area (Å²) in [6, 6.07) is 4.62. The number of fused-ring (bicyclic) bond motifs is 1. The van der Waals surface area contributed by atoms with E-state index in [0.717, 1.165) is 12.8 Å². The lowest BCUT2D eigenvalue weighted by Crippen LogP contribution is -2.39. The van der Waals surface area contributed by atoms with Crippen molar-refractivity contribution in [3.05, 3.63) is 63.9 Å². The number of halogens is 1. The lowest BCUT2D eigenvalue weighted by atomic mass is 9.84. The topological polar surface area (TPSA) is 90.5 Å². The molecule has 31 heavy (non-hydrogen) atoms. The first kappa shape index (κ1) is 22.1. The van der Waals surface area contributed by atoms with Crippen LogP contribution in [0, 0.1) is 5.92 Å². The molecule has 1 fully saturated rings. The quantitative estimate of drug-likeness (QED) is 0.519. The van der Waals surface area contributed by atoms with Crippen LogP contribution in [0.15, 0.2) is 53.4 Å². The summed E-state index contributed by atoms with van der Waals surface area (Å²) in [4.78, 5) is 13.1. The molecule has 0 aromatic heterocycles. The van der Waals surface area contributed by atoms with Gasteiger partial charge in [-0.15, -0.1) is 0 Å². The fourth-order valence-electron chi connectivity index (χ4n) is 4.10. The van der Waals surface area contributed by atoms with Crippen LogP contribution in [0.4, 0.5) is 5.69 Å². The van der Waals surface area contributed by atoms with Crippen LogP contribution in [0.25, 0.3) is 0 Å². The van der Waals surface area contributed by atoms with E-state index in [0.29, 0.717) is 16.6 Å². The van der Waals surface area contributed by atoms with Crippen molar-refractivity contribution in [3.8, 4) is 0 Å². The van der Waals surface area contributed by atoms with E-state index < -0.39 is 10.0 Å². The van der Waals surface area contributed by atoms with Crippen LogP contribution in [0.1, 0.15) is 49.4 Å². The zero-order valence-electron chi connectivity index (χ0n) is 17.1. The number of allylic oxidation sites excluding steroid dienone is 2. The van der Waals surface area contributed by atoms with Crippen molar-refractivity contribution in [1.82, 2.24) is 14.3 Å². The Bertz CT molecular complexity index is 1060. The normalized spacial score (nSPS) is 19.7. The maximum Gasteiger partial charge on any atom is 0.264 e. The van der Waals surface area contributed by atoms with Gasteiger partial charge in [0.05, 0.1) is 29.1 Å². The number of hydrogen-bond donors (Lipinski definition) is 3. The smallest absolute Gasteiger partial charge is 0.264 e. The number of benzene rings is 1. The van der Waals surface area contributed by atoms with E-state index >= 15 is 0 Å². The van der Waals surface area contributed by atoms with Crippen molar-refractivity contribution >= 4 is 45.4 Å². The second-order valence-corrected chi connectivity index (χ2v) is 10.8. The fourth-order valence-corrected chi connectivity index (χ4v) is 6.25. The van der Waals surface area contributed by atoms with Crippen LogP contribution < -0.4 is 14.8 Å². The van der Waals surface area contributed by atoms with Gasteiger partial charge in [-0.1, -0.05) is 30.9 Å². The van der Waals surface area contributed by atoms with E-state index in [1.165, 1.54) is 43.5 Å². The summed E-state index contributed by atoms with van der Waals surface area (Å²) in [7, 11) is -3.95. The number of anilines is 1.